The lowest BCUT2D eigenvalue weighted by Crippen LogP contribution is -2.50. The minimum atomic E-state index is -3.97. The van der Waals surface area contributed by atoms with Crippen molar-refractivity contribution in [2.75, 3.05) is 33.3 Å². The van der Waals surface area contributed by atoms with Gasteiger partial charge in [-0.1, -0.05) is 12.1 Å². The van der Waals surface area contributed by atoms with Crippen LogP contribution in [0.3, 0.4) is 0 Å². The van der Waals surface area contributed by atoms with E-state index in [1.54, 1.807) is 6.07 Å². The van der Waals surface area contributed by atoms with Crippen LogP contribution in [0, 0.1) is 15.9 Å². The predicted octanol–water partition coefficient (Wildman–Crippen LogP) is 1.82. The van der Waals surface area contributed by atoms with Gasteiger partial charge >= 0.3 is 5.69 Å². The van der Waals surface area contributed by atoms with Crippen molar-refractivity contribution in [2.45, 2.75) is 11.3 Å². The van der Waals surface area contributed by atoms with E-state index in [4.69, 9.17) is 4.74 Å². The van der Waals surface area contributed by atoms with Gasteiger partial charge in [-0.15, -0.1) is 0 Å². The van der Waals surface area contributed by atoms with Crippen molar-refractivity contribution in [3.8, 4) is 5.75 Å². The van der Waals surface area contributed by atoms with Gasteiger partial charge in [0.1, 0.15) is 5.82 Å². The highest BCUT2D eigenvalue weighted by Gasteiger charge is 2.31. The highest BCUT2D eigenvalue weighted by molar-refractivity contribution is 7.89. The number of hydrogen-bond acceptors (Lipinski definition) is 6. The van der Waals surface area contributed by atoms with Gasteiger partial charge in [0, 0.05) is 32.2 Å². The van der Waals surface area contributed by atoms with E-state index in [0.29, 0.717) is 5.56 Å². The monoisotopic (exact) mass is 437 g/mol. The maximum Gasteiger partial charge on any atom is 0.312 e. The van der Waals surface area contributed by atoms with Gasteiger partial charge in [0.05, 0.1) is 23.3 Å². The number of nitro groups is 1. The molecular formula is C19H20FN3O6S. The Hall–Kier alpha value is -3.05. The predicted molar refractivity (Wildman–Crippen MR) is 105 cm³/mol. The lowest BCUT2D eigenvalue weighted by Gasteiger charge is -2.34. The van der Waals surface area contributed by atoms with E-state index >= 15 is 0 Å². The summed E-state index contributed by atoms with van der Waals surface area (Å²) in [6.07, 6.45) is 0.0230. The number of carbonyl (C=O) groups excluding carboxylic acids is 1. The minimum absolute atomic E-state index is 0.0230. The second-order valence-corrected chi connectivity index (χ2v) is 8.62. The third kappa shape index (κ3) is 4.57. The standard InChI is InChI=1S/C19H20FN3O6S/c1-29-18-6-5-16(13-17(18)23(25)26)30(27,28)22-9-7-21(8-10-22)19(24)12-14-3-2-4-15(20)11-14/h2-6,11,13H,7-10,12H2,1H3. The molecule has 0 N–H and O–H groups in total. The van der Waals surface area contributed by atoms with Crippen LogP contribution in [0.15, 0.2) is 47.4 Å². The third-order valence-electron chi connectivity index (χ3n) is 4.82. The maximum atomic E-state index is 13.3. The van der Waals surface area contributed by atoms with Crippen LogP contribution in [0.1, 0.15) is 5.56 Å². The summed E-state index contributed by atoms with van der Waals surface area (Å²) in [5.41, 5.74) is 0.100. The molecule has 0 bridgehead atoms. The summed E-state index contributed by atoms with van der Waals surface area (Å²) in [4.78, 5) is 24.2. The highest BCUT2D eigenvalue weighted by Crippen LogP contribution is 2.30. The Labute approximate surface area is 172 Å². The molecule has 0 unspecified atom stereocenters. The number of rotatable bonds is 6. The summed E-state index contributed by atoms with van der Waals surface area (Å²) in [6.45, 7) is 0.450. The van der Waals surface area contributed by atoms with Crippen LogP contribution in [-0.2, 0) is 21.2 Å². The van der Waals surface area contributed by atoms with Crippen molar-refractivity contribution in [2.24, 2.45) is 0 Å². The number of piperazine rings is 1. The Kier molecular flexibility index (Phi) is 6.32. The first-order valence-corrected chi connectivity index (χ1v) is 10.5. The van der Waals surface area contributed by atoms with Crippen LogP contribution in [0.4, 0.5) is 10.1 Å². The van der Waals surface area contributed by atoms with E-state index in [2.05, 4.69) is 0 Å². The van der Waals surface area contributed by atoms with Crippen molar-refractivity contribution >= 4 is 21.6 Å². The van der Waals surface area contributed by atoms with Crippen molar-refractivity contribution in [3.05, 3.63) is 64.0 Å². The van der Waals surface area contributed by atoms with Gasteiger partial charge in [-0.3, -0.25) is 14.9 Å². The van der Waals surface area contributed by atoms with Crippen LogP contribution in [-0.4, -0.2) is 61.7 Å². The largest absolute Gasteiger partial charge is 0.490 e. The summed E-state index contributed by atoms with van der Waals surface area (Å²) in [6, 6.07) is 9.22. The number of hydrogen-bond donors (Lipinski definition) is 0. The molecule has 0 spiro atoms. The van der Waals surface area contributed by atoms with Crippen LogP contribution < -0.4 is 4.74 Å². The Morgan fingerprint density at radius 3 is 2.47 bits per heavy atom. The SMILES string of the molecule is COc1ccc(S(=O)(=O)N2CCN(C(=O)Cc3cccc(F)c3)CC2)cc1[N+](=O)[O-]. The van der Waals surface area contributed by atoms with Crippen molar-refractivity contribution in [3.63, 3.8) is 0 Å². The smallest absolute Gasteiger partial charge is 0.312 e. The molecule has 1 aliphatic rings. The van der Waals surface area contributed by atoms with Gasteiger partial charge in [0.2, 0.25) is 15.9 Å². The second kappa shape index (κ2) is 8.76. The molecule has 0 aliphatic carbocycles. The van der Waals surface area contributed by atoms with Crippen molar-refractivity contribution in [1.82, 2.24) is 9.21 Å². The second-order valence-electron chi connectivity index (χ2n) is 6.68. The molecule has 3 rings (SSSR count). The zero-order chi connectivity index (χ0) is 21.9. The quantitative estimate of drug-likeness (QED) is 0.504. The zero-order valence-electron chi connectivity index (χ0n) is 16.2. The lowest BCUT2D eigenvalue weighted by molar-refractivity contribution is -0.386. The molecule has 0 aromatic heterocycles. The molecule has 1 saturated heterocycles. The fourth-order valence-electron chi connectivity index (χ4n) is 3.23. The summed E-state index contributed by atoms with van der Waals surface area (Å²) < 4.78 is 45.1. The number of nitro benzene ring substituents is 1. The number of amides is 1. The first-order valence-electron chi connectivity index (χ1n) is 9.07. The van der Waals surface area contributed by atoms with Crippen LogP contribution in [0.25, 0.3) is 0 Å². The Balaban J connectivity index is 1.68. The van der Waals surface area contributed by atoms with E-state index in [1.807, 2.05) is 0 Å². The minimum Gasteiger partial charge on any atom is -0.490 e. The maximum absolute atomic E-state index is 13.3. The Bertz CT molecular complexity index is 1070. The van der Waals surface area contributed by atoms with E-state index in [1.165, 1.54) is 46.6 Å². The first kappa shape index (κ1) is 21.7. The van der Waals surface area contributed by atoms with E-state index < -0.39 is 26.5 Å². The molecule has 160 valence electrons. The van der Waals surface area contributed by atoms with Gasteiger partial charge in [0.25, 0.3) is 0 Å². The van der Waals surface area contributed by atoms with Gasteiger partial charge < -0.3 is 9.64 Å². The summed E-state index contributed by atoms with van der Waals surface area (Å²) in [7, 11) is -2.71. The average molecular weight is 437 g/mol. The zero-order valence-corrected chi connectivity index (χ0v) is 17.0. The van der Waals surface area contributed by atoms with Gasteiger partial charge in [0.15, 0.2) is 5.75 Å². The number of carbonyl (C=O) groups is 1. The van der Waals surface area contributed by atoms with E-state index in [0.717, 1.165) is 6.07 Å². The lowest BCUT2D eigenvalue weighted by atomic mass is 10.1. The van der Waals surface area contributed by atoms with Crippen LogP contribution >= 0.6 is 0 Å². The molecule has 1 aliphatic heterocycles. The molecular weight excluding hydrogens is 417 g/mol. The molecule has 0 saturated carbocycles. The molecule has 0 radical (unpaired) electrons. The van der Waals surface area contributed by atoms with Gasteiger partial charge in [-0.05, 0) is 29.8 Å². The molecule has 1 fully saturated rings. The number of benzene rings is 2. The average Bonchev–Trinajstić information content (AvgIpc) is 2.73. The highest BCUT2D eigenvalue weighted by atomic mass is 32.2. The number of methoxy groups -OCH3 is 1. The fraction of sp³-hybridized carbons (Fsp3) is 0.316. The summed E-state index contributed by atoms with van der Waals surface area (Å²) in [5.74, 6) is -0.686. The van der Waals surface area contributed by atoms with Gasteiger partial charge in [-0.25, -0.2) is 12.8 Å². The molecule has 2 aromatic rings. The molecule has 0 atom stereocenters. The Morgan fingerprint density at radius 1 is 1.17 bits per heavy atom. The molecule has 9 nitrogen and oxygen atoms in total. The Morgan fingerprint density at radius 2 is 1.87 bits per heavy atom. The van der Waals surface area contributed by atoms with Gasteiger partial charge in [-0.2, -0.15) is 4.31 Å². The normalized spacial score (nSPS) is 15.1. The number of sulfonamides is 1. The fourth-order valence-corrected chi connectivity index (χ4v) is 4.68. The topological polar surface area (TPSA) is 110 Å². The summed E-state index contributed by atoms with van der Waals surface area (Å²) in [5, 5.41) is 11.2. The van der Waals surface area contributed by atoms with Crippen molar-refractivity contribution < 1.29 is 27.3 Å². The first-order chi connectivity index (χ1) is 14.2. The molecule has 1 heterocycles. The van der Waals surface area contributed by atoms with E-state index in [9.17, 15) is 27.7 Å². The number of ether oxygens (including phenoxy) is 1. The van der Waals surface area contributed by atoms with Crippen LogP contribution in [0.5, 0.6) is 5.75 Å². The third-order valence-corrected chi connectivity index (χ3v) is 6.72. The van der Waals surface area contributed by atoms with Crippen LogP contribution in [0.2, 0.25) is 0 Å². The molecule has 2 aromatic carbocycles. The summed E-state index contributed by atoms with van der Waals surface area (Å²) >= 11 is 0. The molecule has 30 heavy (non-hydrogen) atoms. The molecule has 1 amide bonds. The number of halogens is 1. The van der Waals surface area contributed by atoms with E-state index in [-0.39, 0.29) is 49.2 Å². The number of nitrogens with zero attached hydrogens (tertiary/aromatic N) is 3. The van der Waals surface area contributed by atoms with Crippen molar-refractivity contribution in [1.29, 1.82) is 0 Å². The molecule has 11 heteroatoms.